The summed E-state index contributed by atoms with van der Waals surface area (Å²) in [5.74, 6) is 0.400. The van der Waals surface area contributed by atoms with Gasteiger partial charge in [0, 0.05) is 13.1 Å². The van der Waals surface area contributed by atoms with Crippen molar-refractivity contribution in [1.82, 2.24) is 5.32 Å². The number of alkyl halides is 2. The Morgan fingerprint density at radius 1 is 1.30 bits per heavy atom. The molecule has 0 bridgehead atoms. The Kier molecular flexibility index (Phi) is 4.81. The first-order valence-electron chi connectivity index (χ1n) is 6.85. The van der Waals surface area contributed by atoms with Crippen LogP contribution in [0.3, 0.4) is 0 Å². The number of ether oxygens (including phenoxy) is 2. The summed E-state index contributed by atoms with van der Waals surface area (Å²) in [6.45, 7) is 1.01. The highest BCUT2D eigenvalue weighted by molar-refractivity contribution is 5.42. The van der Waals surface area contributed by atoms with E-state index >= 15 is 0 Å². The zero-order chi connectivity index (χ0) is 14.6. The molecule has 0 spiro atoms. The number of halogens is 2. The molecule has 5 heteroatoms. The summed E-state index contributed by atoms with van der Waals surface area (Å²) >= 11 is 0. The molecule has 0 unspecified atom stereocenters. The molecule has 3 nitrogen and oxygen atoms in total. The fourth-order valence-corrected chi connectivity index (χ4v) is 2.48. The van der Waals surface area contributed by atoms with E-state index in [1.54, 1.807) is 12.1 Å². The molecular weight excluding hydrogens is 264 g/mol. The molecule has 20 heavy (non-hydrogen) atoms. The Morgan fingerprint density at radius 2 is 2.05 bits per heavy atom. The lowest BCUT2D eigenvalue weighted by molar-refractivity contribution is -0.0512. The van der Waals surface area contributed by atoms with E-state index in [1.807, 2.05) is 6.07 Å². The smallest absolute Gasteiger partial charge is 0.387 e. The van der Waals surface area contributed by atoms with Gasteiger partial charge in [-0.2, -0.15) is 8.78 Å². The monoisotopic (exact) mass is 285 g/mol. The molecule has 0 aliphatic heterocycles. The summed E-state index contributed by atoms with van der Waals surface area (Å²) in [5.41, 5.74) is 1.30. The van der Waals surface area contributed by atoms with Gasteiger partial charge in [0.25, 0.3) is 0 Å². The highest BCUT2D eigenvalue weighted by Gasteiger charge is 2.30. The van der Waals surface area contributed by atoms with Crippen LogP contribution in [0.5, 0.6) is 11.5 Å². The maximum absolute atomic E-state index is 12.3. The maximum Gasteiger partial charge on any atom is 0.387 e. The number of benzene rings is 1. The van der Waals surface area contributed by atoms with Gasteiger partial charge in [0.15, 0.2) is 11.5 Å². The highest BCUT2D eigenvalue weighted by atomic mass is 19.3. The lowest BCUT2D eigenvalue weighted by atomic mass is 9.70. The van der Waals surface area contributed by atoms with Crippen molar-refractivity contribution in [3.8, 4) is 11.5 Å². The second-order valence-corrected chi connectivity index (χ2v) is 5.63. The molecule has 0 heterocycles. The number of hydrogen-bond donors (Lipinski definition) is 1. The van der Waals surface area contributed by atoms with Crippen molar-refractivity contribution < 1.29 is 18.3 Å². The first-order chi connectivity index (χ1) is 9.52. The summed E-state index contributed by atoms with van der Waals surface area (Å²) in [7, 11) is 1.43. The van der Waals surface area contributed by atoms with Crippen LogP contribution in [0.1, 0.15) is 31.7 Å². The molecule has 1 saturated carbocycles. The van der Waals surface area contributed by atoms with Crippen LogP contribution in [0.2, 0.25) is 0 Å². The molecule has 0 saturated heterocycles. The van der Waals surface area contributed by atoms with Gasteiger partial charge in [-0.05, 0) is 36.0 Å². The maximum atomic E-state index is 12.3. The summed E-state index contributed by atoms with van der Waals surface area (Å²) in [6.07, 6.45) is 3.80. The molecule has 1 aromatic rings. The second-order valence-electron chi connectivity index (χ2n) is 5.63. The lowest BCUT2D eigenvalue weighted by Crippen LogP contribution is -2.36. The number of rotatable bonds is 7. The average molecular weight is 285 g/mol. The molecule has 2 rings (SSSR count). The van der Waals surface area contributed by atoms with Gasteiger partial charge < -0.3 is 14.8 Å². The zero-order valence-corrected chi connectivity index (χ0v) is 11.9. The van der Waals surface area contributed by atoms with E-state index < -0.39 is 6.61 Å². The van der Waals surface area contributed by atoms with Crippen LogP contribution >= 0.6 is 0 Å². The fourth-order valence-electron chi connectivity index (χ4n) is 2.48. The Balaban J connectivity index is 1.93. The Labute approximate surface area is 118 Å². The largest absolute Gasteiger partial charge is 0.493 e. The molecule has 1 aromatic carbocycles. The minimum atomic E-state index is -2.85. The minimum Gasteiger partial charge on any atom is -0.493 e. The lowest BCUT2D eigenvalue weighted by Gasteiger charge is -2.38. The standard InChI is InChI=1S/C15H21F2NO2/c1-15(6-3-7-15)10-18-9-11-4-5-12(19-2)13(8-11)20-14(16)17/h4-5,8,14,18H,3,6-7,9-10H2,1-2H3. The first kappa shape index (κ1) is 15.0. The van der Waals surface area contributed by atoms with Crippen molar-refractivity contribution in [2.45, 2.75) is 39.3 Å². The quantitative estimate of drug-likeness (QED) is 0.830. The predicted octanol–water partition coefficient (Wildman–Crippen LogP) is 3.58. The molecule has 1 aliphatic carbocycles. The van der Waals surface area contributed by atoms with Crippen molar-refractivity contribution in [2.24, 2.45) is 5.41 Å². The van der Waals surface area contributed by atoms with Gasteiger partial charge in [0.1, 0.15) is 0 Å². The van der Waals surface area contributed by atoms with Crippen LogP contribution in [-0.2, 0) is 6.54 Å². The fraction of sp³-hybridized carbons (Fsp3) is 0.600. The molecule has 0 amide bonds. The van der Waals surface area contributed by atoms with Gasteiger partial charge in [-0.25, -0.2) is 0 Å². The van der Waals surface area contributed by atoms with E-state index in [0.717, 1.165) is 12.1 Å². The van der Waals surface area contributed by atoms with Gasteiger partial charge in [-0.1, -0.05) is 19.4 Å². The Bertz CT molecular complexity index is 447. The predicted molar refractivity (Wildman–Crippen MR) is 73.3 cm³/mol. The molecule has 112 valence electrons. The van der Waals surface area contributed by atoms with E-state index in [9.17, 15) is 8.78 Å². The third kappa shape index (κ3) is 3.82. The summed E-state index contributed by atoms with van der Waals surface area (Å²) < 4.78 is 34.2. The Hall–Kier alpha value is -1.36. The number of hydrogen-bond acceptors (Lipinski definition) is 3. The van der Waals surface area contributed by atoms with Crippen molar-refractivity contribution >= 4 is 0 Å². The van der Waals surface area contributed by atoms with E-state index in [-0.39, 0.29) is 5.75 Å². The molecule has 0 aromatic heterocycles. The van der Waals surface area contributed by atoms with E-state index in [0.29, 0.717) is 17.7 Å². The van der Waals surface area contributed by atoms with E-state index in [2.05, 4.69) is 17.0 Å². The van der Waals surface area contributed by atoms with Crippen molar-refractivity contribution in [1.29, 1.82) is 0 Å². The molecular formula is C15H21F2NO2. The topological polar surface area (TPSA) is 30.5 Å². The first-order valence-corrected chi connectivity index (χ1v) is 6.85. The minimum absolute atomic E-state index is 0.0802. The van der Waals surface area contributed by atoms with Crippen LogP contribution in [0.15, 0.2) is 18.2 Å². The molecule has 0 radical (unpaired) electrons. The second kappa shape index (κ2) is 6.39. The van der Waals surface area contributed by atoms with Gasteiger partial charge >= 0.3 is 6.61 Å². The third-order valence-corrected chi connectivity index (χ3v) is 3.89. The van der Waals surface area contributed by atoms with Gasteiger partial charge in [-0.3, -0.25) is 0 Å². The van der Waals surface area contributed by atoms with Gasteiger partial charge in [0.2, 0.25) is 0 Å². The van der Waals surface area contributed by atoms with E-state index in [1.165, 1.54) is 26.4 Å². The molecule has 1 N–H and O–H groups in total. The summed E-state index contributed by atoms with van der Waals surface area (Å²) in [4.78, 5) is 0. The van der Waals surface area contributed by atoms with Gasteiger partial charge in [0.05, 0.1) is 7.11 Å². The third-order valence-electron chi connectivity index (χ3n) is 3.89. The molecule has 1 aliphatic rings. The SMILES string of the molecule is COc1ccc(CNCC2(C)CCC2)cc1OC(F)F. The normalized spacial score (nSPS) is 16.9. The van der Waals surface area contributed by atoms with Crippen molar-refractivity contribution in [2.75, 3.05) is 13.7 Å². The zero-order valence-electron chi connectivity index (χ0n) is 11.9. The average Bonchev–Trinajstić information content (AvgIpc) is 2.36. The summed E-state index contributed by atoms with van der Waals surface area (Å²) in [6, 6.07) is 5.11. The van der Waals surface area contributed by atoms with Crippen LogP contribution < -0.4 is 14.8 Å². The highest BCUT2D eigenvalue weighted by Crippen LogP contribution is 2.39. The van der Waals surface area contributed by atoms with Gasteiger partial charge in [-0.15, -0.1) is 0 Å². The Morgan fingerprint density at radius 3 is 2.60 bits per heavy atom. The van der Waals surface area contributed by atoms with Crippen LogP contribution in [0.4, 0.5) is 8.78 Å². The van der Waals surface area contributed by atoms with Crippen LogP contribution in [-0.4, -0.2) is 20.3 Å². The van der Waals surface area contributed by atoms with Crippen LogP contribution in [0, 0.1) is 5.41 Å². The number of nitrogens with one attached hydrogen (secondary N) is 1. The molecule has 0 atom stereocenters. The molecule has 1 fully saturated rings. The number of methoxy groups -OCH3 is 1. The van der Waals surface area contributed by atoms with Crippen molar-refractivity contribution in [3.05, 3.63) is 23.8 Å². The summed E-state index contributed by atoms with van der Waals surface area (Å²) in [5, 5.41) is 3.38. The van der Waals surface area contributed by atoms with Crippen LogP contribution in [0.25, 0.3) is 0 Å². The van der Waals surface area contributed by atoms with Crippen molar-refractivity contribution in [3.63, 3.8) is 0 Å². The van der Waals surface area contributed by atoms with E-state index in [4.69, 9.17) is 4.74 Å².